The zero-order valence-electron chi connectivity index (χ0n) is 26.9. The molecule has 0 spiro atoms. The lowest BCUT2D eigenvalue weighted by atomic mass is 9.97. The monoisotopic (exact) mass is 656 g/mol. The summed E-state index contributed by atoms with van der Waals surface area (Å²) >= 11 is 1.86. The van der Waals surface area contributed by atoms with Gasteiger partial charge in [0, 0.05) is 37.3 Å². The summed E-state index contributed by atoms with van der Waals surface area (Å²) < 4.78 is 2.44. The van der Waals surface area contributed by atoms with E-state index in [9.17, 15) is 0 Å². The molecule has 1 aliphatic rings. The van der Waals surface area contributed by atoms with E-state index >= 15 is 0 Å². The third-order valence-corrected chi connectivity index (χ3v) is 10.5. The highest BCUT2D eigenvalue weighted by Gasteiger charge is 2.22. The summed E-state index contributed by atoms with van der Waals surface area (Å²) in [6, 6.07) is 59.8. The highest BCUT2D eigenvalue weighted by molar-refractivity contribution is 7.99. The van der Waals surface area contributed by atoms with Gasteiger partial charge in [-0.25, -0.2) is 15.0 Å². The molecule has 0 fully saturated rings. The Morgan fingerprint density at radius 2 is 0.860 bits per heavy atom. The quantitative estimate of drug-likeness (QED) is 0.185. The second-order valence-corrected chi connectivity index (χ2v) is 13.6. The zero-order chi connectivity index (χ0) is 33.0. The Bertz CT molecular complexity index is 2680. The second kappa shape index (κ2) is 11.7. The van der Waals surface area contributed by atoms with E-state index in [0.29, 0.717) is 17.5 Å². The van der Waals surface area contributed by atoms with Crippen LogP contribution in [0.4, 0.5) is 0 Å². The molecular formula is C45H28N4S. The maximum absolute atomic E-state index is 4.96. The van der Waals surface area contributed by atoms with Crippen LogP contribution in [-0.4, -0.2) is 19.5 Å². The summed E-state index contributed by atoms with van der Waals surface area (Å²) in [5.41, 5.74) is 11.2. The van der Waals surface area contributed by atoms with E-state index in [1.165, 1.54) is 48.4 Å². The molecule has 0 aliphatic carbocycles. The first kappa shape index (κ1) is 28.7. The predicted molar refractivity (Wildman–Crippen MR) is 205 cm³/mol. The molecule has 0 saturated heterocycles. The van der Waals surface area contributed by atoms with E-state index in [-0.39, 0.29) is 0 Å². The van der Waals surface area contributed by atoms with Crippen LogP contribution in [0.1, 0.15) is 0 Å². The molecular weight excluding hydrogens is 629 g/mol. The normalized spacial score (nSPS) is 11.9. The van der Waals surface area contributed by atoms with Crippen LogP contribution in [0.25, 0.3) is 83.9 Å². The number of hydrogen-bond acceptors (Lipinski definition) is 4. The van der Waals surface area contributed by atoms with Crippen molar-refractivity contribution in [1.29, 1.82) is 0 Å². The van der Waals surface area contributed by atoms with Crippen LogP contribution in [0.3, 0.4) is 0 Å². The summed E-state index contributed by atoms with van der Waals surface area (Å²) in [6.07, 6.45) is 0. The van der Waals surface area contributed by atoms with Crippen molar-refractivity contribution in [3.63, 3.8) is 0 Å². The summed E-state index contributed by atoms with van der Waals surface area (Å²) in [6.45, 7) is 0. The van der Waals surface area contributed by atoms with Crippen LogP contribution in [0.5, 0.6) is 0 Å². The maximum atomic E-state index is 4.96. The Kier molecular flexibility index (Phi) is 6.71. The van der Waals surface area contributed by atoms with E-state index in [0.717, 1.165) is 27.8 Å². The average molecular weight is 657 g/mol. The fourth-order valence-electron chi connectivity index (χ4n) is 7.05. The van der Waals surface area contributed by atoms with Crippen LogP contribution < -0.4 is 0 Å². The molecule has 0 N–H and O–H groups in total. The highest BCUT2D eigenvalue weighted by Crippen LogP contribution is 2.47. The molecule has 0 unspecified atom stereocenters. The van der Waals surface area contributed by atoms with Gasteiger partial charge >= 0.3 is 0 Å². The molecule has 0 amide bonds. The molecule has 9 aromatic rings. The summed E-state index contributed by atoms with van der Waals surface area (Å²) in [5.74, 6) is 1.96. The number of rotatable bonds is 5. The minimum atomic E-state index is 0.647. The first-order valence-electron chi connectivity index (χ1n) is 16.7. The third kappa shape index (κ3) is 4.82. The summed E-state index contributed by atoms with van der Waals surface area (Å²) in [5, 5.41) is 2.55. The van der Waals surface area contributed by atoms with Gasteiger partial charge in [0.05, 0.1) is 16.7 Å². The van der Waals surface area contributed by atoms with E-state index in [1.54, 1.807) is 0 Å². The van der Waals surface area contributed by atoms with E-state index in [1.807, 2.05) is 72.4 Å². The molecule has 2 aromatic heterocycles. The first-order chi connectivity index (χ1) is 24.8. The molecule has 0 radical (unpaired) electrons. The molecule has 4 nitrogen and oxygen atoms in total. The van der Waals surface area contributed by atoms with Crippen molar-refractivity contribution in [3.8, 4) is 62.1 Å². The number of benzene rings is 7. The van der Waals surface area contributed by atoms with Crippen molar-refractivity contribution in [3.05, 3.63) is 170 Å². The van der Waals surface area contributed by atoms with E-state index < -0.39 is 0 Å². The zero-order valence-corrected chi connectivity index (χ0v) is 27.7. The van der Waals surface area contributed by atoms with Gasteiger partial charge in [0.1, 0.15) is 0 Å². The van der Waals surface area contributed by atoms with Gasteiger partial charge in [-0.3, -0.25) is 0 Å². The Labute approximate surface area is 293 Å². The van der Waals surface area contributed by atoms with Gasteiger partial charge in [0.2, 0.25) is 0 Å². The Balaban J connectivity index is 1.06. The van der Waals surface area contributed by atoms with Crippen LogP contribution in [0, 0.1) is 0 Å². The fourth-order valence-corrected chi connectivity index (χ4v) is 8.14. The van der Waals surface area contributed by atoms with Crippen molar-refractivity contribution in [2.24, 2.45) is 0 Å². The van der Waals surface area contributed by atoms with Crippen LogP contribution in [0.2, 0.25) is 0 Å². The number of nitrogens with zero attached hydrogens (tertiary/aromatic N) is 4. The molecule has 10 rings (SSSR count). The topological polar surface area (TPSA) is 43.6 Å². The van der Waals surface area contributed by atoms with Gasteiger partial charge in [0.15, 0.2) is 17.5 Å². The Morgan fingerprint density at radius 3 is 1.54 bits per heavy atom. The van der Waals surface area contributed by atoms with Gasteiger partial charge in [-0.15, -0.1) is 0 Å². The average Bonchev–Trinajstić information content (AvgIpc) is 3.54. The number of fused-ring (bicyclic) bond motifs is 5. The molecule has 3 heterocycles. The van der Waals surface area contributed by atoms with Crippen LogP contribution in [0.15, 0.2) is 180 Å². The van der Waals surface area contributed by atoms with Crippen molar-refractivity contribution in [2.45, 2.75) is 9.79 Å². The van der Waals surface area contributed by atoms with Gasteiger partial charge in [-0.05, 0) is 64.7 Å². The molecule has 5 heteroatoms. The summed E-state index contributed by atoms with van der Waals surface area (Å²) in [7, 11) is 0. The number of hydrogen-bond donors (Lipinski definition) is 0. The lowest BCUT2D eigenvalue weighted by Crippen LogP contribution is -2.00. The molecule has 50 heavy (non-hydrogen) atoms. The van der Waals surface area contributed by atoms with Crippen molar-refractivity contribution < 1.29 is 0 Å². The van der Waals surface area contributed by atoms with Crippen LogP contribution >= 0.6 is 11.8 Å². The van der Waals surface area contributed by atoms with Gasteiger partial charge in [-0.2, -0.15) is 0 Å². The van der Waals surface area contributed by atoms with Crippen molar-refractivity contribution in [2.75, 3.05) is 0 Å². The fraction of sp³-hybridized carbons (Fsp3) is 0. The SMILES string of the molecule is c1ccc(-c2nc(-c3ccccc3)nc(-c3cccc(-c4cccc(-c5ccc6c(c5)c5cccc7c5n6-c5ccccc5S7)c4)c3)n2)cc1. The minimum Gasteiger partial charge on any atom is -0.307 e. The molecule has 0 bridgehead atoms. The number of para-hydroxylation sites is 2. The number of aromatic nitrogens is 4. The molecule has 1 aliphatic heterocycles. The second-order valence-electron chi connectivity index (χ2n) is 12.5. The Morgan fingerprint density at radius 1 is 0.360 bits per heavy atom. The van der Waals surface area contributed by atoms with E-state index in [2.05, 4.69) is 114 Å². The molecule has 0 atom stereocenters. The highest BCUT2D eigenvalue weighted by atomic mass is 32.2. The van der Waals surface area contributed by atoms with Gasteiger partial charge in [-0.1, -0.05) is 139 Å². The third-order valence-electron chi connectivity index (χ3n) is 9.43. The lowest BCUT2D eigenvalue weighted by molar-refractivity contribution is 1.07. The smallest absolute Gasteiger partial charge is 0.164 e. The molecule has 234 valence electrons. The van der Waals surface area contributed by atoms with Gasteiger partial charge in [0.25, 0.3) is 0 Å². The standard InChI is InChI=1S/C45H28N4S/c1-3-12-29(13-4-1)43-46-44(30-14-5-2-6-15-30)48-45(47-43)35-19-10-18-33(27-35)31-16-9-17-32(26-31)34-24-25-38-37(28-34)36-20-11-23-41-42(36)49(38)39-21-7-8-22-40(39)50-41/h1-28H. The van der Waals surface area contributed by atoms with E-state index in [4.69, 9.17) is 15.0 Å². The maximum Gasteiger partial charge on any atom is 0.164 e. The molecule has 0 saturated carbocycles. The molecule has 7 aromatic carbocycles. The predicted octanol–water partition coefficient (Wildman–Crippen LogP) is 11.8. The first-order valence-corrected chi connectivity index (χ1v) is 17.5. The van der Waals surface area contributed by atoms with Crippen molar-refractivity contribution >= 4 is 33.6 Å². The summed E-state index contributed by atoms with van der Waals surface area (Å²) in [4.78, 5) is 17.4. The minimum absolute atomic E-state index is 0.647. The van der Waals surface area contributed by atoms with Crippen LogP contribution in [-0.2, 0) is 0 Å². The largest absolute Gasteiger partial charge is 0.307 e. The van der Waals surface area contributed by atoms with Gasteiger partial charge < -0.3 is 4.57 Å². The lowest BCUT2D eigenvalue weighted by Gasteiger charge is -2.19. The van der Waals surface area contributed by atoms with Crippen molar-refractivity contribution in [1.82, 2.24) is 19.5 Å². The Hall–Kier alpha value is -6.30.